The fourth-order valence-electron chi connectivity index (χ4n) is 2.58. The van der Waals surface area contributed by atoms with E-state index >= 15 is 0 Å². The molecular formula is C17H19NO5S2. The lowest BCUT2D eigenvalue weighted by Crippen LogP contribution is -2.47. The summed E-state index contributed by atoms with van der Waals surface area (Å²) in [5, 5.41) is 8.11. The summed E-state index contributed by atoms with van der Waals surface area (Å²) in [4.78, 5) is 49.8. The zero-order valence-corrected chi connectivity index (χ0v) is 15.5. The summed E-state index contributed by atoms with van der Waals surface area (Å²) in [5.41, 5.74) is 0.423. The molecule has 1 aliphatic heterocycles. The predicted molar refractivity (Wildman–Crippen MR) is 97.6 cm³/mol. The van der Waals surface area contributed by atoms with Crippen molar-refractivity contribution in [3.8, 4) is 0 Å². The highest BCUT2D eigenvalue weighted by Crippen LogP contribution is 2.30. The maximum absolute atomic E-state index is 12.8. The molecule has 0 radical (unpaired) electrons. The minimum atomic E-state index is -1.06. The van der Waals surface area contributed by atoms with Crippen molar-refractivity contribution < 1.29 is 24.3 Å². The van der Waals surface area contributed by atoms with Gasteiger partial charge >= 0.3 is 5.97 Å². The first-order chi connectivity index (χ1) is 11.8. The van der Waals surface area contributed by atoms with Gasteiger partial charge in [0.1, 0.15) is 6.04 Å². The molecule has 0 bridgehead atoms. The molecule has 8 heteroatoms. The van der Waals surface area contributed by atoms with Gasteiger partial charge in [-0.05, 0) is 0 Å². The van der Waals surface area contributed by atoms with Crippen LogP contribution in [0.15, 0.2) is 30.3 Å². The molecule has 0 unspecified atom stereocenters. The van der Waals surface area contributed by atoms with Gasteiger partial charge in [0.25, 0.3) is 0 Å². The van der Waals surface area contributed by atoms with Gasteiger partial charge in [-0.1, -0.05) is 49.0 Å². The van der Waals surface area contributed by atoms with Crippen LogP contribution in [-0.4, -0.2) is 55.7 Å². The van der Waals surface area contributed by atoms with E-state index in [9.17, 15) is 24.3 Å². The van der Waals surface area contributed by atoms with Gasteiger partial charge in [-0.2, -0.15) is 0 Å². The Bertz CT molecular complexity index is 679. The molecule has 0 aliphatic carbocycles. The maximum Gasteiger partial charge on any atom is 0.327 e. The van der Waals surface area contributed by atoms with Crippen LogP contribution in [0.25, 0.3) is 0 Å². The molecule has 134 valence electrons. The minimum Gasteiger partial charge on any atom is -0.480 e. The van der Waals surface area contributed by atoms with E-state index < -0.39 is 29.1 Å². The Balaban J connectivity index is 2.24. The van der Waals surface area contributed by atoms with Crippen molar-refractivity contribution in [2.24, 2.45) is 5.92 Å². The van der Waals surface area contributed by atoms with Crippen LogP contribution >= 0.6 is 23.5 Å². The third-order valence-electron chi connectivity index (χ3n) is 3.90. The number of thioether (sulfide) groups is 2. The number of carbonyl (C=O) groups excluding carboxylic acids is 3. The first-order valence-corrected chi connectivity index (χ1v) is 9.74. The average Bonchev–Trinajstić information content (AvgIpc) is 3.08. The predicted octanol–water partition coefficient (Wildman–Crippen LogP) is 2.14. The topological polar surface area (TPSA) is 91.8 Å². The number of hydrogen-bond acceptors (Lipinski definition) is 6. The quantitative estimate of drug-likeness (QED) is 0.755. The third-order valence-corrected chi connectivity index (χ3v) is 6.12. The minimum absolute atomic E-state index is 0.264. The van der Waals surface area contributed by atoms with E-state index in [1.54, 1.807) is 37.3 Å². The molecule has 0 saturated carbocycles. The fraction of sp³-hybridized carbons (Fsp3) is 0.412. The Morgan fingerprint density at radius 1 is 1.24 bits per heavy atom. The van der Waals surface area contributed by atoms with Gasteiger partial charge < -0.3 is 10.0 Å². The molecular weight excluding hydrogens is 362 g/mol. The molecule has 3 atom stereocenters. The summed E-state index contributed by atoms with van der Waals surface area (Å²) in [6.45, 7) is 2.92. The van der Waals surface area contributed by atoms with Gasteiger partial charge in [-0.15, -0.1) is 11.8 Å². The van der Waals surface area contributed by atoms with Crippen LogP contribution in [0.1, 0.15) is 24.2 Å². The molecule has 1 N–H and O–H groups in total. The lowest BCUT2D eigenvalue weighted by atomic mass is 9.97. The molecule has 1 aromatic rings. The standard InChI is InChI=1S/C17H19NO5S2/c1-10(16(21)18-9-24-8-13(18)17(22)23)15(25-11(2)19)14(20)12-6-4-3-5-7-12/h3-7,10,13,15H,8-9H2,1-2H3,(H,22,23)/t10-,13+,15+/m1/s1. The monoisotopic (exact) mass is 381 g/mol. The van der Waals surface area contributed by atoms with Crippen LogP contribution in [0.4, 0.5) is 0 Å². The molecule has 1 aliphatic rings. The Kier molecular flexibility index (Phi) is 6.66. The number of Topliss-reactive ketones (excluding diaryl/α,β-unsaturated/α-hetero) is 1. The Morgan fingerprint density at radius 3 is 2.44 bits per heavy atom. The zero-order valence-electron chi connectivity index (χ0n) is 13.9. The number of carboxylic acid groups (broad SMARTS) is 1. The van der Waals surface area contributed by atoms with E-state index in [2.05, 4.69) is 0 Å². The number of aliphatic carboxylic acids is 1. The normalized spacial score (nSPS) is 19.3. The molecule has 25 heavy (non-hydrogen) atoms. The van der Waals surface area contributed by atoms with Gasteiger partial charge in [-0.25, -0.2) is 4.79 Å². The van der Waals surface area contributed by atoms with E-state index in [0.29, 0.717) is 11.3 Å². The number of hydrogen-bond donors (Lipinski definition) is 1. The number of rotatable bonds is 6. The maximum atomic E-state index is 12.8. The van der Waals surface area contributed by atoms with Gasteiger partial charge in [0.15, 0.2) is 10.9 Å². The lowest BCUT2D eigenvalue weighted by molar-refractivity contribution is -0.149. The smallest absolute Gasteiger partial charge is 0.327 e. The van der Waals surface area contributed by atoms with Crippen molar-refractivity contribution >= 4 is 46.3 Å². The van der Waals surface area contributed by atoms with E-state index in [-0.39, 0.29) is 16.8 Å². The Hall–Kier alpha value is -1.80. The number of carbonyl (C=O) groups is 4. The van der Waals surface area contributed by atoms with Crippen LogP contribution < -0.4 is 0 Å². The van der Waals surface area contributed by atoms with E-state index in [0.717, 1.165) is 11.8 Å². The van der Waals surface area contributed by atoms with Gasteiger partial charge in [-0.3, -0.25) is 14.4 Å². The third kappa shape index (κ3) is 4.64. The first-order valence-electron chi connectivity index (χ1n) is 7.70. The molecule has 1 saturated heterocycles. The molecule has 1 fully saturated rings. The first kappa shape index (κ1) is 19.5. The number of nitrogens with zero attached hydrogens (tertiary/aromatic N) is 1. The highest BCUT2D eigenvalue weighted by Gasteiger charge is 2.41. The summed E-state index contributed by atoms with van der Waals surface area (Å²) in [7, 11) is 0. The SMILES string of the molecule is CC(=O)S[C@H](C(=O)c1ccccc1)[C@@H](C)C(=O)N1CSC[C@H]1C(=O)O. The van der Waals surface area contributed by atoms with Crippen LogP contribution in [-0.2, 0) is 14.4 Å². The van der Waals surface area contributed by atoms with Gasteiger partial charge in [0.05, 0.1) is 17.0 Å². The van der Waals surface area contributed by atoms with Crippen LogP contribution in [0, 0.1) is 5.92 Å². The number of carboxylic acids is 1. The summed E-state index contributed by atoms with van der Waals surface area (Å²) in [5.74, 6) is -1.99. The molecule has 2 rings (SSSR count). The molecule has 0 aromatic heterocycles. The largest absolute Gasteiger partial charge is 0.480 e. The van der Waals surface area contributed by atoms with Gasteiger partial charge in [0, 0.05) is 18.2 Å². The Morgan fingerprint density at radius 2 is 1.88 bits per heavy atom. The summed E-state index contributed by atoms with van der Waals surface area (Å²) in [6.07, 6.45) is 0. The molecule has 0 spiro atoms. The molecule has 1 amide bonds. The van der Waals surface area contributed by atoms with Crippen LogP contribution in [0.2, 0.25) is 0 Å². The van der Waals surface area contributed by atoms with Crippen molar-refractivity contribution in [1.82, 2.24) is 4.90 Å². The van der Waals surface area contributed by atoms with Gasteiger partial charge in [0.2, 0.25) is 5.91 Å². The number of amides is 1. The Labute approximate surface area is 154 Å². The summed E-state index contributed by atoms with van der Waals surface area (Å²) >= 11 is 2.18. The lowest BCUT2D eigenvalue weighted by Gasteiger charge is -2.27. The highest BCUT2D eigenvalue weighted by molar-refractivity contribution is 8.14. The summed E-state index contributed by atoms with van der Waals surface area (Å²) in [6, 6.07) is 7.59. The molecule has 6 nitrogen and oxygen atoms in total. The number of ketones is 1. The second-order valence-electron chi connectivity index (χ2n) is 5.71. The van der Waals surface area contributed by atoms with Crippen molar-refractivity contribution in [2.75, 3.05) is 11.6 Å². The van der Waals surface area contributed by atoms with Crippen molar-refractivity contribution in [3.63, 3.8) is 0 Å². The second kappa shape index (κ2) is 8.53. The number of benzene rings is 1. The second-order valence-corrected chi connectivity index (χ2v) is 8.03. The van der Waals surface area contributed by atoms with E-state index in [4.69, 9.17) is 0 Å². The van der Waals surface area contributed by atoms with E-state index in [1.165, 1.54) is 23.6 Å². The molecule has 1 aromatic carbocycles. The zero-order chi connectivity index (χ0) is 18.6. The van der Waals surface area contributed by atoms with Crippen LogP contribution in [0.3, 0.4) is 0 Å². The van der Waals surface area contributed by atoms with Crippen LogP contribution in [0.5, 0.6) is 0 Å². The fourth-order valence-corrected chi connectivity index (χ4v) is 4.66. The van der Waals surface area contributed by atoms with Crippen molar-refractivity contribution in [3.05, 3.63) is 35.9 Å². The summed E-state index contributed by atoms with van der Waals surface area (Å²) < 4.78 is 0. The van der Waals surface area contributed by atoms with Crippen molar-refractivity contribution in [1.29, 1.82) is 0 Å². The molecule has 1 heterocycles. The average molecular weight is 381 g/mol. The van der Waals surface area contributed by atoms with Crippen molar-refractivity contribution in [2.45, 2.75) is 25.1 Å². The highest BCUT2D eigenvalue weighted by atomic mass is 32.2. The van der Waals surface area contributed by atoms with E-state index in [1.807, 2.05) is 0 Å².